The van der Waals surface area contributed by atoms with Crippen molar-refractivity contribution in [3.63, 3.8) is 0 Å². The minimum absolute atomic E-state index is 0.209. The number of likely N-dealkylation sites (tertiary alicyclic amines) is 1. The molecule has 4 nitrogen and oxygen atoms in total. The van der Waals surface area contributed by atoms with Crippen molar-refractivity contribution in [2.24, 2.45) is 11.3 Å². The molecular formula is C29H30NO3-. The van der Waals surface area contributed by atoms with E-state index in [1.807, 2.05) is 79.7 Å². The number of nitrogens with zero attached hydrogens (tertiary/aromatic N) is 1. The van der Waals surface area contributed by atoms with Crippen molar-refractivity contribution in [2.45, 2.75) is 37.8 Å². The third-order valence-corrected chi connectivity index (χ3v) is 7.91. The number of benzene rings is 3. The molecule has 4 unspecified atom stereocenters. The molecule has 1 N–H and O–H groups in total. The first kappa shape index (κ1) is 21.9. The summed E-state index contributed by atoms with van der Waals surface area (Å²) in [5, 5.41) is 25.3. The van der Waals surface area contributed by atoms with Gasteiger partial charge in [-0.2, -0.15) is 0 Å². The third kappa shape index (κ3) is 3.68. The molecule has 1 saturated carbocycles. The van der Waals surface area contributed by atoms with Crippen LogP contribution in [0.25, 0.3) is 0 Å². The molecule has 170 valence electrons. The van der Waals surface area contributed by atoms with Crippen LogP contribution in [0, 0.1) is 18.3 Å². The Morgan fingerprint density at radius 3 is 2.39 bits per heavy atom. The van der Waals surface area contributed by atoms with E-state index in [0.717, 1.165) is 22.3 Å². The van der Waals surface area contributed by atoms with E-state index in [9.17, 15) is 15.0 Å². The van der Waals surface area contributed by atoms with Crippen LogP contribution in [0.5, 0.6) is 0 Å². The molecule has 1 aliphatic heterocycles. The van der Waals surface area contributed by atoms with Gasteiger partial charge in [0.25, 0.3) is 0 Å². The zero-order valence-electron chi connectivity index (χ0n) is 19.0. The largest absolute Gasteiger partial charge is 0.549 e. The van der Waals surface area contributed by atoms with Crippen LogP contribution < -0.4 is 5.11 Å². The Hall–Kier alpha value is -2.95. The maximum Gasteiger partial charge on any atom is 0.0946 e. The number of aliphatic carboxylic acids is 1. The zero-order valence-corrected chi connectivity index (χ0v) is 19.0. The van der Waals surface area contributed by atoms with Gasteiger partial charge in [0.05, 0.1) is 5.60 Å². The van der Waals surface area contributed by atoms with Gasteiger partial charge in [0.2, 0.25) is 0 Å². The van der Waals surface area contributed by atoms with Gasteiger partial charge in [-0.25, -0.2) is 0 Å². The second-order valence-corrected chi connectivity index (χ2v) is 9.83. The van der Waals surface area contributed by atoms with Gasteiger partial charge in [0, 0.05) is 36.9 Å². The number of fused-ring (bicyclic) bond motifs is 1. The average Bonchev–Trinajstić information content (AvgIpc) is 3.22. The highest BCUT2D eigenvalue weighted by Crippen LogP contribution is 2.60. The Bertz CT molecular complexity index is 1130. The smallest absolute Gasteiger partial charge is 0.0946 e. The lowest BCUT2D eigenvalue weighted by molar-refractivity contribution is -0.327. The van der Waals surface area contributed by atoms with Gasteiger partial charge >= 0.3 is 0 Å². The first-order valence-electron chi connectivity index (χ1n) is 11.8. The Morgan fingerprint density at radius 1 is 1.03 bits per heavy atom. The van der Waals surface area contributed by atoms with Crippen molar-refractivity contribution in [3.8, 4) is 0 Å². The molecule has 0 aromatic heterocycles. The predicted molar refractivity (Wildman–Crippen MR) is 126 cm³/mol. The second kappa shape index (κ2) is 8.44. The number of carbonyl (C=O) groups excluding carboxylic acids is 1. The quantitative estimate of drug-likeness (QED) is 0.658. The fraction of sp³-hybridized carbons (Fsp3) is 0.345. The summed E-state index contributed by atoms with van der Waals surface area (Å²) in [5.74, 6) is -1.73. The maximum absolute atomic E-state index is 13.1. The van der Waals surface area contributed by atoms with E-state index in [4.69, 9.17) is 0 Å². The van der Waals surface area contributed by atoms with Crippen LogP contribution in [0.15, 0.2) is 84.9 Å². The lowest BCUT2D eigenvalue weighted by atomic mass is 9.53. The second-order valence-electron chi connectivity index (χ2n) is 9.83. The molecular weight excluding hydrogens is 410 g/mol. The molecule has 4 heteroatoms. The number of hydrogen-bond donors (Lipinski definition) is 1. The van der Waals surface area contributed by atoms with E-state index in [2.05, 4.69) is 17.0 Å². The lowest BCUT2D eigenvalue weighted by Gasteiger charge is -2.53. The number of carbonyl (C=O) groups is 1. The number of aliphatic hydroxyl groups is 1. The monoisotopic (exact) mass is 440 g/mol. The van der Waals surface area contributed by atoms with Crippen molar-refractivity contribution in [2.75, 3.05) is 13.1 Å². The van der Waals surface area contributed by atoms with Crippen molar-refractivity contribution in [3.05, 3.63) is 107 Å². The van der Waals surface area contributed by atoms with Crippen LogP contribution >= 0.6 is 0 Å². The summed E-state index contributed by atoms with van der Waals surface area (Å²) in [4.78, 5) is 15.3. The Labute approximate surface area is 195 Å². The summed E-state index contributed by atoms with van der Waals surface area (Å²) in [6, 6.07) is 27.9. The molecule has 2 aliphatic rings. The van der Waals surface area contributed by atoms with Crippen molar-refractivity contribution in [1.29, 1.82) is 0 Å². The molecule has 2 fully saturated rings. The topological polar surface area (TPSA) is 63.6 Å². The summed E-state index contributed by atoms with van der Waals surface area (Å²) >= 11 is 0. The van der Waals surface area contributed by atoms with Gasteiger partial charge in [0.1, 0.15) is 0 Å². The fourth-order valence-electron chi connectivity index (χ4n) is 6.41. The highest BCUT2D eigenvalue weighted by molar-refractivity contribution is 5.76. The zero-order chi connectivity index (χ0) is 23.1. The highest BCUT2D eigenvalue weighted by atomic mass is 16.4. The predicted octanol–water partition coefficient (Wildman–Crippen LogP) is 3.63. The molecule has 3 aromatic carbocycles. The molecule has 1 saturated heterocycles. The van der Waals surface area contributed by atoms with Crippen LogP contribution in [0.3, 0.4) is 0 Å². The van der Waals surface area contributed by atoms with Crippen LogP contribution in [0.4, 0.5) is 0 Å². The van der Waals surface area contributed by atoms with Gasteiger partial charge in [-0.15, -0.1) is 0 Å². The van der Waals surface area contributed by atoms with Crippen LogP contribution in [0.1, 0.15) is 41.0 Å². The molecule has 3 aromatic rings. The van der Waals surface area contributed by atoms with Gasteiger partial charge < -0.3 is 15.0 Å². The summed E-state index contributed by atoms with van der Waals surface area (Å²) < 4.78 is 0. The Kier molecular flexibility index (Phi) is 5.59. The number of rotatable bonds is 5. The number of carboxylic acid groups (broad SMARTS) is 1. The van der Waals surface area contributed by atoms with Crippen LogP contribution in [-0.2, 0) is 16.9 Å². The van der Waals surface area contributed by atoms with Gasteiger partial charge in [-0.3, -0.25) is 4.90 Å². The van der Waals surface area contributed by atoms with Crippen LogP contribution in [0.2, 0.25) is 0 Å². The Morgan fingerprint density at radius 2 is 1.73 bits per heavy atom. The minimum Gasteiger partial charge on any atom is -0.549 e. The normalized spacial score (nSPS) is 29.5. The van der Waals surface area contributed by atoms with E-state index >= 15 is 0 Å². The molecule has 33 heavy (non-hydrogen) atoms. The molecule has 1 aliphatic carbocycles. The van der Waals surface area contributed by atoms with E-state index in [1.165, 1.54) is 0 Å². The fourth-order valence-corrected chi connectivity index (χ4v) is 6.41. The first-order chi connectivity index (χ1) is 15.9. The molecule has 5 rings (SSSR count). The Balaban J connectivity index is 1.61. The SMILES string of the molecule is Cc1cccc(C2(O)CCC(c3ccccc3)C3(C(=O)[O-])CN(Cc4ccccc4)CC23)c1. The van der Waals surface area contributed by atoms with E-state index in [0.29, 0.717) is 32.5 Å². The molecule has 0 bridgehead atoms. The molecule has 4 atom stereocenters. The summed E-state index contributed by atoms with van der Waals surface area (Å²) in [5.41, 5.74) is 1.63. The van der Waals surface area contributed by atoms with E-state index in [1.54, 1.807) is 0 Å². The van der Waals surface area contributed by atoms with Crippen molar-refractivity contribution < 1.29 is 15.0 Å². The molecule has 0 radical (unpaired) electrons. The standard InChI is InChI=1S/C29H31NO3/c1-21-9-8-14-24(17-21)29(33)16-15-25(23-12-6-3-7-13-23)28(27(31)32)20-30(19-26(28)29)18-22-10-4-2-5-11-22/h2-14,17,25-26,33H,15-16,18-20H2,1H3,(H,31,32)/p-1. The lowest BCUT2D eigenvalue weighted by Crippen LogP contribution is -2.59. The summed E-state index contributed by atoms with van der Waals surface area (Å²) in [6.45, 7) is 3.53. The number of hydrogen-bond acceptors (Lipinski definition) is 4. The van der Waals surface area contributed by atoms with Crippen molar-refractivity contribution >= 4 is 5.97 Å². The average molecular weight is 441 g/mol. The van der Waals surface area contributed by atoms with Crippen molar-refractivity contribution in [1.82, 2.24) is 4.90 Å². The number of aryl methyl sites for hydroxylation is 1. The first-order valence-corrected chi connectivity index (χ1v) is 11.8. The highest BCUT2D eigenvalue weighted by Gasteiger charge is 2.63. The molecule has 1 heterocycles. The third-order valence-electron chi connectivity index (χ3n) is 7.91. The minimum atomic E-state index is -1.22. The van der Waals surface area contributed by atoms with Gasteiger partial charge in [-0.05, 0) is 42.4 Å². The van der Waals surface area contributed by atoms with E-state index in [-0.39, 0.29) is 5.92 Å². The van der Waals surface area contributed by atoms with Crippen LogP contribution in [-0.4, -0.2) is 29.1 Å². The number of carboxylic acids is 1. The molecule has 0 amide bonds. The summed E-state index contributed by atoms with van der Waals surface area (Å²) in [6.07, 6.45) is 1.12. The maximum atomic E-state index is 13.1. The van der Waals surface area contributed by atoms with Gasteiger partial charge in [-0.1, -0.05) is 90.5 Å². The molecule has 0 spiro atoms. The van der Waals surface area contributed by atoms with Gasteiger partial charge in [0.15, 0.2) is 0 Å². The summed E-state index contributed by atoms with van der Waals surface area (Å²) in [7, 11) is 0. The van der Waals surface area contributed by atoms with E-state index < -0.39 is 22.9 Å².